The van der Waals surface area contributed by atoms with Crippen LogP contribution in [0.25, 0.3) is 0 Å². The standard InChI is InChI=1S/C13H16ClNO/c14-11-8-4-5-9-12(11)15-13(16)10-6-2-1-3-7-10/h4-5,8-10H,1-3,6-7H2,(H,15,16). The fourth-order valence-electron chi connectivity index (χ4n) is 2.16. The van der Waals surface area contributed by atoms with Crippen molar-refractivity contribution in [3.63, 3.8) is 0 Å². The Bertz CT molecular complexity index is 372. The van der Waals surface area contributed by atoms with Crippen molar-refractivity contribution >= 4 is 23.2 Å². The van der Waals surface area contributed by atoms with Crippen molar-refractivity contribution in [2.75, 3.05) is 5.32 Å². The van der Waals surface area contributed by atoms with Crippen molar-refractivity contribution in [1.82, 2.24) is 0 Å². The highest BCUT2D eigenvalue weighted by molar-refractivity contribution is 6.33. The van der Waals surface area contributed by atoms with Crippen LogP contribution in [0.5, 0.6) is 0 Å². The van der Waals surface area contributed by atoms with E-state index in [1.807, 2.05) is 18.2 Å². The van der Waals surface area contributed by atoms with Crippen LogP contribution in [0.3, 0.4) is 0 Å². The van der Waals surface area contributed by atoms with Gasteiger partial charge in [0.2, 0.25) is 5.91 Å². The molecule has 0 aliphatic heterocycles. The molecule has 16 heavy (non-hydrogen) atoms. The van der Waals surface area contributed by atoms with E-state index in [9.17, 15) is 4.79 Å². The second kappa shape index (κ2) is 5.35. The van der Waals surface area contributed by atoms with E-state index in [4.69, 9.17) is 11.6 Å². The predicted molar refractivity (Wildman–Crippen MR) is 66.7 cm³/mol. The van der Waals surface area contributed by atoms with Crippen molar-refractivity contribution in [2.45, 2.75) is 32.1 Å². The molecule has 1 aliphatic carbocycles. The molecule has 0 unspecified atom stereocenters. The number of amides is 1. The number of para-hydroxylation sites is 1. The van der Waals surface area contributed by atoms with Crippen LogP contribution in [-0.2, 0) is 4.79 Å². The number of carbonyl (C=O) groups is 1. The summed E-state index contributed by atoms with van der Waals surface area (Å²) >= 11 is 5.99. The van der Waals surface area contributed by atoms with Gasteiger partial charge in [0.15, 0.2) is 0 Å². The van der Waals surface area contributed by atoms with Crippen LogP contribution in [0.4, 0.5) is 5.69 Å². The summed E-state index contributed by atoms with van der Waals surface area (Å²) in [6, 6.07) is 7.36. The average molecular weight is 238 g/mol. The maximum atomic E-state index is 11.9. The minimum Gasteiger partial charge on any atom is -0.325 e. The molecule has 0 saturated heterocycles. The zero-order valence-electron chi connectivity index (χ0n) is 9.21. The lowest BCUT2D eigenvalue weighted by atomic mass is 9.88. The Labute approximate surface area is 101 Å². The van der Waals surface area contributed by atoms with Gasteiger partial charge in [-0.05, 0) is 25.0 Å². The minimum atomic E-state index is 0.118. The number of benzene rings is 1. The molecular formula is C13H16ClNO. The molecule has 0 heterocycles. The number of carbonyl (C=O) groups excluding carboxylic acids is 1. The number of anilines is 1. The summed E-state index contributed by atoms with van der Waals surface area (Å²) in [6.45, 7) is 0. The van der Waals surface area contributed by atoms with Gasteiger partial charge in [0.1, 0.15) is 0 Å². The van der Waals surface area contributed by atoms with Crippen molar-refractivity contribution in [1.29, 1.82) is 0 Å². The Morgan fingerprint density at radius 2 is 1.88 bits per heavy atom. The first kappa shape index (κ1) is 11.5. The topological polar surface area (TPSA) is 29.1 Å². The fourth-order valence-corrected chi connectivity index (χ4v) is 2.35. The molecule has 0 radical (unpaired) electrons. The Hall–Kier alpha value is -1.02. The third-order valence-electron chi connectivity index (χ3n) is 3.11. The van der Waals surface area contributed by atoms with Gasteiger partial charge in [0, 0.05) is 5.92 Å². The SMILES string of the molecule is O=C(Nc1ccccc1Cl)C1CCCCC1. The van der Waals surface area contributed by atoms with Gasteiger partial charge in [0.05, 0.1) is 10.7 Å². The first-order valence-corrected chi connectivity index (χ1v) is 6.20. The molecule has 3 heteroatoms. The molecule has 1 fully saturated rings. The summed E-state index contributed by atoms with van der Waals surface area (Å²) < 4.78 is 0. The Morgan fingerprint density at radius 3 is 2.56 bits per heavy atom. The lowest BCUT2D eigenvalue weighted by molar-refractivity contribution is -0.120. The number of nitrogens with one attached hydrogen (secondary N) is 1. The lowest BCUT2D eigenvalue weighted by Gasteiger charge is -2.20. The van der Waals surface area contributed by atoms with E-state index < -0.39 is 0 Å². The quantitative estimate of drug-likeness (QED) is 0.832. The first-order valence-electron chi connectivity index (χ1n) is 5.83. The molecule has 1 amide bonds. The Balaban J connectivity index is 1.99. The summed E-state index contributed by atoms with van der Waals surface area (Å²) in [5, 5.41) is 3.51. The van der Waals surface area contributed by atoms with Crippen LogP contribution in [0.1, 0.15) is 32.1 Å². The highest BCUT2D eigenvalue weighted by Gasteiger charge is 2.21. The van der Waals surface area contributed by atoms with Crippen molar-refractivity contribution in [3.8, 4) is 0 Å². The largest absolute Gasteiger partial charge is 0.325 e. The molecule has 0 aromatic heterocycles. The zero-order chi connectivity index (χ0) is 11.4. The smallest absolute Gasteiger partial charge is 0.227 e. The van der Waals surface area contributed by atoms with E-state index in [0.717, 1.165) is 18.5 Å². The van der Waals surface area contributed by atoms with E-state index >= 15 is 0 Å². The van der Waals surface area contributed by atoms with Gasteiger partial charge >= 0.3 is 0 Å². The number of hydrogen-bond acceptors (Lipinski definition) is 1. The van der Waals surface area contributed by atoms with Gasteiger partial charge < -0.3 is 5.32 Å². The van der Waals surface area contributed by atoms with Crippen LogP contribution < -0.4 is 5.32 Å². The van der Waals surface area contributed by atoms with E-state index in [1.165, 1.54) is 19.3 Å². The summed E-state index contributed by atoms with van der Waals surface area (Å²) in [5.74, 6) is 0.290. The second-order valence-corrected chi connectivity index (χ2v) is 4.71. The summed E-state index contributed by atoms with van der Waals surface area (Å²) in [6.07, 6.45) is 5.61. The fraction of sp³-hybridized carbons (Fsp3) is 0.462. The Kier molecular flexibility index (Phi) is 3.83. The third kappa shape index (κ3) is 2.76. The average Bonchev–Trinajstić information content (AvgIpc) is 2.33. The molecule has 1 N–H and O–H groups in total. The van der Waals surface area contributed by atoms with E-state index in [0.29, 0.717) is 5.02 Å². The van der Waals surface area contributed by atoms with E-state index in [2.05, 4.69) is 5.32 Å². The minimum absolute atomic E-state index is 0.118. The molecular weight excluding hydrogens is 222 g/mol. The normalized spacial score (nSPS) is 17.1. The maximum Gasteiger partial charge on any atom is 0.227 e. The van der Waals surface area contributed by atoms with E-state index in [1.54, 1.807) is 6.07 Å². The Morgan fingerprint density at radius 1 is 1.19 bits per heavy atom. The zero-order valence-corrected chi connectivity index (χ0v) is 9.96. The number of rotatable bonds is 2. The molecule has 1 aromatic rings. The van der Waals surface area contributed by atoms with Gasteiger partial charge in [-0.3, -0.25) is 4.79 Å². The van der Waals surface area contributed by atoms with Gasteiger partial charge in [-0.15, -0.1) is 0 Å². The number of halogens is 1. The molecule has 0 atom stereocenters. The molecule has 2 nitrogen and oxygen atoms in total. The summed E-state index contributed by atoms with van der Waals surface area (Å²) in [4.78, 5) is 11.9. The van der Waals surface area contributed by atoms with Gasteiger partial charge in [-0.2, -0.15) is 0 Å². The predicted octanol–water partition coefficient (Wildman–Crippen LogP) is 3.86. The summed E-state index contributed by atoms with van der Waals surface area (Å²) in [7, 11) is 0. The van der Waals surface area contributed by atoms with Gasteiger partial charge in [-0.25, -0.2) is 0 Å². The van der Waals surface area contributed by atoms with Crippen LogP contribution in [0.15, 0.2) is 24.3 Å². The molecule has 0 spiro atoms. The highest BCUT2D eigenvalue weighted by atomic mass is 35.5. The van der Waals surface area contributed by atoms with Gasteiger partial charge in [0.25, 0.3) is 0 Å². The molecule has 1 aliphatic rings. The maximum absolute atomic E-state index is 11.9. The van der Waals surface area contributed by atoms with Crippen LogP contribution in [0, 0.1) is 5.92 Å². The highest BCUT2D eigenvalue weighted by Crippen LogP contribution is 2.26. The van der Waals surface area contributed by atoms with E-state index in [-0.39, 0.29) is 11.8 Å². The van der Waals surface area contributed by atoms with Crippen molar-refractivity contribution < 1.29 is 4.79 Å². The molecule has 1 aromatic carbocycles. The lowest BCUT2D eigenvalue weighted by Crippen LogP contribution is -2.24. The number of hydrogen-bond donors (Lipinski definition) is 1. The first-order chi connectivity index (χ1) is 7.77. The second-order valence-electron chi connectivity index (χ2n) is 4.30. The molecule has 1 saturated carbocycles. The molecule has 86 valence electrons. The van der Waals surface area contributed by atoms with Crippen molar-refractivity contribution in [2.24, 2.45) is 5.92 Å². The van der Waals surface area contributed by atoms with Gasteiger partial charge in [-0.1, -0.05) is 43.0 Å². The van der Waals surface area contributed by atoms with Crippen LogP contribution in [-0.4, -0.2) is 5.91 Å². The van der Waals surface area contributed by atoms with Crippen LogP contribution >= 0.6 is 11.6 Å². The third-order valence-corrected chi connectivity index (χ3v) is 3.44. The van der Waals surface area contributed by atoms with Crippen molar-refractivity contribution in [3.05, 3.63) is 29.3 Å². The summed E-state index contributed by atoms with van der Waals surface area (Å²) in [5.41, 5.74) is 0.722. The monoisotopic (exact) mass is 237 g/mol. The van der Waals surface area contributed by atoms with Crippen LogP contribution in [0.2, 0.25) is 5.02 Å². The molecule has 2 rings (SSSR count). The molecule has 0 bridgehead atoms.